The third-order valence-electron chi connectivity index (χ3n) is 3.81. The van der Waals surface area contributed by atoms with Crippen molar-refractivity contribution in [1.29, 1.82) is 0 Å². The molecule has 25 heavy (non-hydrogen) atoms. The molecule has 0 bridgehead atoms. The Balaban J connectivity index is 1.79. The van der Waals surface area contributed by atoms with Gasteiger partial charge in [-0.3, -0.25) is 9.59 Å². The number of sulfonamides is 1. The number of anilines is 1. The van der Waals surface area contributed by atoms with E-state index in [1.165, 1.54) is 4.31 Å². The highest BCUT2D eigenvalue weighted by molar-refractivity contribution is 9.11. The molecule has 0 radical (unpaired) electrons. The van der Waals surface area contributed by atoms with Gasteiger partial charge in [0, 0.05) is 22.0 Å². The molecule has 0 saturated carbocycles. The predicted molar refractivity (Wildman–Crippen MR) is 101 cm³/mol. The molecule has 138 valence electrons. The number of ether oxygens (including phenoxy) is 1. The maximum absolute atomic E-state index is 12.0. The maximum Gasteiger partial charge on any atom is 0.309 e. The summed E-state index contributed by atoms with van der Waals surface area (Å²) in [4.78, 5) is 23.9. The van der Waals surface area contributed by atoms with Crippen molar-refractivity contribution in [2.75, 3.05) is 31.3 Å². The van der Waals surface area contributed by atoms with Crippen molar-refractivity contribution in [1.82, 2.24) is 4.31 Å². The lowest BCUT2D eigenvalue weighted by Crippen LogP contribution is -2.40. The summed E-state index contributed by atoms with van der Waals surface area (Å²) in [5.74, 6) is -1.30. The van der Waals surface area contributed by atoms with Gasteiger partial charge in [-0.1, -0.05) is 15.9 Å². The molecule has 1 N–H and O–H groups in total. The molecular weight excluding hydrogens is 480 g/mol. The molecule has 0 unspecified atom stereocenters. The van der Waals surface area contributed by atoms with Crippen LogP contribution in [0.4, 0.5) is 5.69 Å². The first-order valence-electron chi connectivity index (χ1n) is 7.53. The first kappa shape index (κ1) is 20.3. The van der Waals surface area contributed by atoms with Crippen LogP contribution >= 0.6 is 31.9 Å². The monoisotopic (exact) mass is 496 g/mol. The molecule has 10 heteroatoms. The van der Waals surface area contributed by atoms with Crippen molar-refractivity contribution < 1.29 is 22.7 Å². The number of hydrogen-bond donors (Lipinski definition) is 1. The molecule has 1 aromatic carbocycles. The van der Waals surface area contributed by atoms with Gasteiger partial charge in [0.25, 0.3) is 5.91 Å². The summed E-state index contributed by atoms with van der Waals surface area (Å²) >= 11 is 6.65. The molecule has 1 heterocycles. The van der Waals surface area contributed by atoms with Gasteiger partial charge in [-0.25, -0.2) is 12.7 Å². The van der Waals surface area contributed by atoms with Gasteiger partial charge in [0.15, 0.2) is 6.61 Å². The SMILES string of the molecule is CS(=O)(=O)N1CCC(C(=O)OCC(=O)Nc2ccc(Br)cc2Br)CC1. The van der Waals surface area contributed by atoms with E-state index in [1.54, 1.807) is 18.2 Å². The molecule has 1 saturated heterocycles. The second-order valence-corrected chi connectivity index (χ2v) is 9.47. The molecule has 1 aliphatic heterocycles. The smallest absolute Gasteiger partial charge is 0.309 e. The number of carbonyl (C=O) groups excluding carboxylic acids is 2. The lowest BCUT2D eigenvalue weighted by Gasteiger charge is -2.28. The van der Waals surface area contributed by atoms with Gasteiger partial charge in [0.1, 0.15) is 0 Å². The Hall–Kier alpha value is -0.970. The Morgan fingerprint density at radius 1 is 1.28 bits per heavy atom. The number of nitrogens with zero attached hydrogens (tertiary/aromatic N) is 1. The van der Waals surface area contributed by atoms with E-state index in [-0.39, 0.29) is 25.6 Å². The number of carbonyl (C=O) groups is 2. The average molecular weight is 498 g/mol. The van der Waals surface area contributed by atoms with Crippen molar-refractivity contribution >= 4 is 59.4 Å². The standard InChI is InChI=1S/C15H18Br2N2O5S/c1-25(22,23)19-6-4-10(5-7-19)15(21)24-9-14(20)18-13-3-2-11(16)8-12(13)17/h2-3,8,10H,4-7,9H2,1H3,(H,18,20). The molecule has 1 fully saturated rings. The summed E-state index contributed by atoms with van der Waals surface area (Å²) in [6.07, 6.45) is 1.94. The summed E-state index contributed by atoms with van der Waals surface area (Å²) in [5.41, 5.74) is 0.575. The van der Waals surface area contributed by atoms with Gasteiger partial charge in [-0.2, -0.15) is 0 Å². The minimum atomic E-state index is -3.23. The number of hydrogen-bond acceptors (Lipinski definition) is 5. The normalized spacial score (nSPS) is 16.4. The van der Waals surface area contributed by atoms with Crippen molar-refractivity contribution in [2.45, 2.75) is 12.8 Å². The fraction of sp³-hybridized carbons (Fsp3) is 0.467. The topological polar surface area (TPSA) is 92.8 Å². The zero-order valence-electron chi connectivity index (χ0n) is 13.5. The van der Waals surface area contributed by atoms with Crippen LogP contribution in [-0.2, 0) is 24.3 Å². The second kappa shape index (κ2) is 8.61. The van der Waals surface area contributed by atoms with E-state index in [1.807, 2.05) is 0 Å². The van der Waals surface area contributed by atoms with Gasteiger partial charge in [-0.05, 0) is 47.0 Å². The Morgan fingerprint density at radius 3 is 2.48 bits per heavy atom. The Bertz CT molecular complexity index is 761. The van der Waals surface area contributed by atoms with Crippen LogP contribution < -0.4 is 5.32 Å². The number of nitrogens with one attached hydrogen (secondary N) is 1. The summed E-state index contributed by atoms with van der Waals surface area (Å²) < 4.78 is 30.9. The quantitative estimate of drug-likeness (QED) is 0.630. The molecule has 2 rings (SSSR count). The molecule has 0 atom stereocenters. The molecule has 7 nitrogen and oxygen atoms in total. The Kier molecular flexibility index (Phi) is 7.01. The van der Waals surface area contributed by atoms with Crippen LogP contribution in [0.5, 0.6) is 0 Å². The van der Waals surface area contributed by atoms with Gasteiger partial charge in [0.2, 0.25) is 10.0 Å². The lowest BCUT2D eigenvalue weighted by atomic mass is 9.98. The van der Waals surface area contributed by atoms with Gasteiger partial charge >= 0.3 is 5.97 Å². The minimum absolute atomic E-state index is 0.288. The van der Waals surface area contributed by atoms with E-state index in [0.29, 0.717) is 23.0 Å². The fourth-order valence-electron chi connectivity index (χ4n) is 2.45. The molecule has 1 aromatic rings. The van der Waals surface area contributed by atoms with E-state index in [0.717, 1.165) is 10.7 Å². The van der Waals surface area contributed by atoms with Crippen LogP contribution in [0.2, 0.25) is 0 Å². The summed E-state index contributed by atoms with van der Waals surface area (Å²) in [6.45, 7) is 0.195. The molecule has 1 amide bonds. The van der Waals surface area contributed by atoms with E-state index < -0.39 is 21.9 Å². The lowest BCUT2D eigenvalue weighted by molar-refractivity contribution is -0.152. The zero-order valence-corrected chi connectivity index (χ0v) is 17.5. The van der Waals surface area contributed by atoms with Crippen LogP contribution in [0.3, 0.4) is 0 Å². The molecule has 0 spiro atoms. The fourth-order valence-corrected chi connectivity index (χ4v) is 4.48. The Labute approximate surface area is 163 Å². The van der Waals surface area contributed by atoms with Crippen LogP contribution in [-0.4, -0.2) is 50.6 Å². The zero-order chi connectivity index (χ0) is 18.6. The van der Waals surface area contributed by atoms with Gasteiger partial charge in [-0.15, -0.1) is 0 Å². The van der Waals surface area contributed by atoms with Crippen molar-refractivity contribution in [2.24, 2.45) is 5.92 Å². The Morgan fingerprint density at radius 2 is 1.92 bits per heavy atom. The molecular formula is C15H18Br2N2O5S. The molecule has 1 aliphatic rings. The number of amides is 1. The van der Waals surface area contributed by atoms with E-state index in [4.69, 9.17) is 4.74 Å². The number of halogens is 2. The highest BCUT2D eigenvalue weighted by atomic mass is 79.9. The van der Waals surface area contributed by atoms with Crippen LogP contribution in [0.15, 0.2) is 27.1 Å². The average Bonchev–Trinajstić information content (AvgIpc) is 2.54. The predicted octanol–water partition coefficient (Wildman–Crippen LogP) is 2.36. The highest BCUT2D eigenvalue weighted by Crippen LogP contribution is 2.26. The number of esters is 1. The van der Waals surface area contributed by atoms with E-state index in [2.05, 4.69) is 37.2 Å². The van der Waals surface area contributed by atoms with Crippen molar-refractivity contribution in [3.8, 4) is 0 Å². The van der Waals surface area contributed by atoms with Gasteiger partial charge < -0.3 is 10.1 Å². The van der Waals surface area contributed by atoms with Crippen LogP contribution in [0, 0.1) is 5.92 Å². The van der Waals surface area contributed by atoms with Gasteiger partial charge in [0.05, 0.1) is 17.9 Å². The maximum atomic E-state index is 12.0. The third-order valence-corrected chi connectivity index (χ3v) is 6.26. The summed E-state index contributed by atoms with van der Waals surface area (Å²) in [7, 11) is -3.23. The molecule has 0 aromatic heterocycles. The van der Waals surface area contributed by atoms with Crippen LogP contribution in [0.1, 0.15) is 12.8 Å². The second-order valence-electron chi connectivity index (χ2n) is 5.72. The highest BCUT2D eigenvalue weighted by Gasteiger charge is 2.30. The molecule has 0 aliphatic carbocycles. The first-order valence-corrected chi connectivity index (χ1v) is 11.0. The number of benzene rings is 1. The van der Waals surface area contributed by atoms with E-state index in [9.17, 15) is 18.0 Å². The number of piperidine rings is 1. The minimum Gasteiger partial charge on any atom is -0.455 e. The third kappa shape index (κ3) is 6.05. The first-order chi connectivity index (χ1) is 11.7. The van der Waals surface area contributed by atoms with Crippen LogP contribution in [0.25, 0.3) is 0 Å². The summed E-state index contributed by atoms with van der Waals surface area (Å²) in [5, 5.41) is 2.65. The number of rotatable bonds is 5. The van der Waals surface area contributed by atoms with E-state index >= 15 is 0 Å². The van der Waals surface area contributed by atoms with Crippen molar-refractivity contribution in [3.63, 3.8) is 0 Å². The largest absolute Gasteiger partial charge is 0.455 e. The van der Waals surface area contributed by atoms with Crippen molar-refractivity contribution in [3.05, 3.63) is 27.1 Å². The summed E-state index contributed by atoms with van der Waals surface area (Å²) in [6, 6.07) is 5.29.